The minimum absolute atomic E-state index is 0.0738. The summed E-state index contributed by atoms with van der Waals surface area (Å²) in [5.74, 6) is -0.0738. The van der Waals surface area contributed by atoms with Crippen LogP contribution >= 0.6 is 27.5 Å². The zero-order valence-electron chi connectivity index (χ0n) is 8.67. The maximum Gasteiger partial charge on any atom is 0.224 e. The number of hydrogen-bond acceptors (Lipinski definition) is 3. The number of nitrogens with two attached hydrogens (primary N) is 1. The average molecular weight is 307 g/mol. The topological polar surface area (TPSA) is 68.0 Å². The number of anilines is 1. The molecular weight excluding hydrogens is 293 g/mol. The molecule has 4 nitrogen and oxygen atoms in total. The van der Waals surface area contributed by atoms with Gasteiger partial charge in [0, 0.05) is 17.1 Å². The van der Waals surface area contributed by atoms with Gasteiger partial charge in [-0.15, -0.1) is 0 Å². The zero-order chi connectivity index (χ0) is 12.0. The maximum absolute atomic E-state index is 11.5. The van der Waals surface area contributed by atoms with Crippen molar-refractivity contribution in [3.8, 4) is 0 Å². The molecule has 0 radical (unpaired) electrons. The molecule has 0 saturated carbocycles. The first-order valence-electron chi connectivity index (χ1n) is 4.94. The molecule has 1 amide bonds. The van der Waals surface area contributed by atoms with Crippen LogP contribution in [0.25, 0.3) is 0 Å². The second kappa shape index (κ2) is 6.83. The smallest absolute Gasteiger partial charge is 0.224 e. The SMILES string of the molecule is NCCCCC(=O)Nc1cc(Br)cnc1Cl. The normalized spacial score (nSPS) is 10.2. The van der Waals surface area contributed by atoms with E-state index >= 15 is 0 Å². The summed E-state index contributed by atoms with van der Waals surface area (Å²) in [4.78, 5) is 15.4. The summed E-state index contributed by atoms with van der Waals surface area (Å²) in [5, 5.41) is 2.99. The molecule has 88 valence electrons. The van der Waals surface area contributed by atoms with Crippen molar-refractivity contribution in [2.45, 2.75) is 19.3 Å². The van der Waals surface area contributed by atoms with Gasteiger partial charge >= 0.3 is 0 Å². The Hall–Kier alpha value is -0.650. The molecule has 0 bridgehead atoms. The molecule has 0 aromatic carbocycles. The summed E-state index contributed by atoms with van der Waals surface area (Å²) in [6.45, 7) is 0.604. The van der Waals surface area contributed by atoms with E-state index in [9.17, 15) is 4.79 Å². The van der Waals surface area contributed by atoms with Crippen molar-refractivity contribution in [2.24, 2.45) is 5.73 Å². The van der Waals surface area contributed by atoms with Gasteiger partial charge in [-0.2, -0.15) is 0 Å². The molecule has 0 aliphatic carbocycles. The summed E-state index contributed by atoms with van der Waals surface area (Å²) < 4.78 is 0.772. The minimum atomic E-state index is -0.0738. The Morgan fingerprint density at radius 3 is 3.00 bits per heavy atom. The van der Waals surface area contributed by atoms with Crippen LogP contribution in [-0.4, -0.2) is 17.4 Å². The largest absolute Gasteiger partial charge is 0.330 e. The summed E-state index contributed by atoms with van der Waals surface area (Å²) in [6.07, 6.45) is 3.64. The third-order valence-corrected chi connectivity index (χ3v) is 2.67. The molecule has 6 heteroatoms. The fourth-order valence-electron chi connectivity index (χ4n) is 1.15. The maximum atomic E-state index is 11.5. The van der Waals surface area contributed by atoms with Crippen LogP contribution in [-0.2, 0) is 4.79 Å². The van der Waals surface area contributed by atoms with Gasteiger partial charge in [0.2, 0.25) is 5.91 Å². The quantitative estimate of drug-likeness (QED) is 0.649. The Labute approximate surface area is 108 Å². The van der Waals surface area contributed by atoms with Gasteiger partial charge in [0.1, 0.15) is 0 Å². The van der Waals surface area contributed by atoms with Gasteiger partial charge in [-0.1, -0.05) is 11.6 Å². The number of amides is 1. The number of rotatable bonds is 5. The fourth-order valence-corrected chi connectivity index (χ4v) is 1.63. The highest BCUT2D eigenvalue weighted by Crippen LogP contribution is 2.23. The molecule has 0 aliphatic heterocycles. The number of carbonyl (C=O) groups excluding carboxylic acids is 1. The minimum Gasteiger partial charge on any atom is -0.330 e. The van der Waals surface area contributed by atoms with Crippen molar-refractivity contribution in [2.75, 3.05) is 11.9 Å². The Morgan fingerprint density at radius 2 is 2.31 bits per heavy atom. The number of carbonyl (C=O) groups is 1. The molecule has 0 fully saturated rings. The molecule has 16 heavy (non-hydrogen) atoms. The van der Waals surface area contributed by atoms with Crippen molar-refractivity contribution in [3.63, 3.8) is 0 Å². The number of nitrogens with one attached hydrogen (secondary N) is 1. The van der Waals surface area contributed by atoms with Crippen molar-refractivity contribution in [3.05, 3.63) is 21.9 Å². The van der Waals surface area contributed by atoms with E-state index in [0.717, 1.165) is 17.3 Å². The van der Waals surface area contributed by atoms with E-state index in [1.165, 1.54) is 0 Å². The summed E-state index contributed by atoms with van der Waals surface area (Å²) >= 11 is 9.10. The molecule has 0 spiro atoms. The summed E-state index contributed by atoms with van der Waals surface area (Å²) in [7, 11) is 0. The highest BCUT2D eigenvalue weighted by atomic mass is 79.9. The lowest BCUT2D eigenvalue weighted by Crippen LogP contribution is -2.12. The second-order valence-corrected chi connectivity index (χ2v) is 4.56. The third-order valence-electron chi connectivity index (χ3n) is 1.94. The number of pyridine rings is 1. The second-order valence-electron chi connectivity index (χ2n) is 3.29. The molecule has 0 saturated heterocycles. The van der Waals surface area contributed by atoms with Crippen molar-refractivity contribution in [1.82, 2.24) is 4.98 Å². The number of nitrogens with zero attached hydrogens (tertiary/aromatic N) is 1. The molecule has 1 rings (SSSR count). The molecule has 1 heterocycles. The van der Waals surface area contributed by atoms with Crippen LogP contribution < -0.4 is 11.1 Å². The number of aromatic nitrogens is 1. The lowest BCUT2D eigenvalue weighted by molar-refractivity contribution is -0.116. The lowest BCUT2D eigenvalue weighted by atomic mass is 10.2. The standard InChI is InChI=1S/C10H13BrClN3O/c11-7-5-8(10(12)14-6-7)15-9(16)3-1-2-4-13/h5-6H,1-4,13H2,(H,15,16). The van der Waals surface area contributed by atoms with Crippen LogP contribution in [0.5, 0.6) is 0 Å². The van der Waals surface area contributed by atoms with Gasteiger partial charge in [-0.3, -0.25) is 4.79 Å². The number of halogens is 2. The average Bonchev–Trinajstić information content (AvgIpc) is 2.24. The molecule has 0 aliphatic rings. The van der Waals surface area contributed by atoms with Crippen molar-refractivity contribution in [1.29, 1.82) is 0 Å². The van der Waals surface area contributed by atoms with Gasteiger partial charge in [0.05, 0.1) is 5.69 Å². The van der Waals surface area contributed by atoms with Crippen LogP contribution in [0.4, 0.5) is 5.69 Å². The van der Waals surface area contributed by atoms with Crippen LogP contribution in [0.1, 0.15) is 19.3 Å². The van der Waals surface area contributed by atoms with Crippen molar-refractivity contribution >= 4 is 39.1 Å². The monoisotopic (exact) mass is 305 g/mol. The van der Waals surface area contributed by atoms with Gasteiger partial charge in [0.25, 0.3) is 0 Å². The predicted molar refractivity (Wildman–Crippen MR) is 68.5 cm³/mol. The van der Waals surface area contributed by atoms with Crippen LogP contribution in [0, 0.1) is 0 Å². The van der Waals surface area contributed by atoms with E-state index in [-0.39, 0.29) is 11.1 Å². The number of hydrogen-bond donors (Lipinski definition) is 2. The fraction of sp³-hybridized carbons (Fsp3) is 0.400. The van der Waals surface area contributed by atoms with E-state index < -0.39 is 0 Å². The molecule has 1 aromatic rings. The highest BCUT2D eigenvalue weighted by molar-refractivity contribution is 9.10. The Balaban J connectivity index is 2.52. The Kier molecular flexibility index (Phi) is 5.73. The van der Waals surface area contributed by atoms with Gasteiger partial charge in [-0.05, 0) is 41.4 Å². The van der Waals surface area contributed by atoms with Crippen molar-refractivity contribution < 1.29 is 4.79 Å². The zero-order valence-corrected chi connectivity index (χ0v) is 11.0. The highest BCUT2D eigenvalue weighted by Gasteiger charge is 2.06. The first-order valence-corrected chi connectivity index (χ1v) is 6.11. The molecule has 1 aromatic heterocycles. The molecule has 0 unspecified atom stereocenters. The van der Waals surface area contributed by atoms with E-state index in [2.05, 4.69) is 26.2 Å². The molecular formula is C10H13BrClN3O. The number of unbranched alkanes of at least 4 members (excludes halogenated alkanes) is 1. The van der Waals surface area contributed by atoms with E-state index in [1.807, 2.05) is 0 Å². The van der Waals surface area contributed by atoms with E-state index in [0.29, 0.717) is 18.7 Å². The molecule has 0 atom stereocenters. The van der Waals surface area contributed by atoms with Gasteiger partial charge < -0.3 is 11.1 Å². The Bertz CT molecular complexity index is 373. The van der Waals surface area contributed by atoms with Gasteiger partial charge in [0.15, 0.2) is 5.15 Å². The van der Waals surface area contributed by atoms with E-state index in [1.54, 1.807) is 12.3 Å². The first-order chi connectivity index (χ1) is 7.63. The van der Waals surface area contributed by atoms with Crippen LogP contribution in [0.15, 0.2) is 16.7 Å². The first kappa shape index (κ1) is 13.4. The van der Waals surface area contributed by atoms with Gasteiger partial charge in [-0.25, -0.2) is 4.98 Å². The van der Waals surface area contributed by atoms with Crippen LogP contribution in [0.2, 0.25) is 5.15 Å². The van der Waals surface area contributed by atoms with Crippen LogP contribution in [0.3, 0.4) is 0 Å². The predicted octanol–water partition coefficient (Wildman–Crippen LogP) is 2.57. The summed E-state index contributed by atoms with van der Waals surface area (Å²) in [6, 6.07) is 1.72. The Morgan fingerprint density at radius 1 is 1.56 bits per heavy atom. The molecule has 3 N–H and O–H groups in total. The third kappa shape index (κ3) is 4.47. The van der Waals surface area contributed by atoms with E-state index in [4.69, 9.17) is 17.3 Å². The lowest BCUT2D eigenvalue weighted by Gasteiger charge is -2.06. The summed E-state index contributed by atoms with van der Waals surface area (Å²) in [5.41, 5.74) is 5.86.